The first-order chi connectivity index (χ1) is 13.4. The highest BCUT2D eigenvalue weighted by Crippen LogP contribution is 2.28. The molecule has 1 aromatic carbocycles. The van der Waals surface area contributed by atoms with Gasteiger partial charge in [0.1, 0.15) is 0 Å². The molecule has 0 bridgehead atoms. The molecule has 0 amide bonds. The van der Waals surface area contributed by atoms with Gasteiger partial charge in [0.2, 0.25) is 0 Å². The van der Waals surface area contributed by atoms with Crippen molar-refractivity contribution in [1.29, 1.82) is 0 Å². The van der Waals surface area contributed by atoms with Crippen LogP contribution in [-0.4, -0.2) is 40.0 Å². The average Bonchev–Trinajstić information content (AvgIpc) is 3.33. The minimum absolute atomic E-state index is 0.0514. The van der Waals surface area contributed by atoms with Gasteiger partial charge in [-0.3, -0.25) is 14.3 Å². The van der Waals surface area contributed by atoms with Crippen LogP contribution in [0.2, 0.25) is 10.0 Å². The molecule has 0 saturated carbocycles. The third kappa shape index (κ3) is 4.32. The molecule has 0 aliphatic heterocycles. The largest absolute Gasteiger partial charge is 0.383 e. The zero-order valence-electron chi connectivity index (χ0n) is 14.8. The molecule has 6 nitrogen and oxygen atoms in total. The first-order valence-corrected chi connectivity index (χ1v) is 9.06. The third-order valence-electron chi connectivity index (χ3n) is 4.09. The number of nitrogens with one attached hydrogen (secondary N) is 1. The van der Waals surface area contributed by atoms with E-state index in [0.717, 1.165) is 5.56 Å². The summed E-state index contributed by atoms with van der Waals surface area (Å²) >= 11 is 11.7. The van der Waals surface area contributed by atoms with Crippen LogP contribution in [0.15, 0.2) is 36.8 Å². The van der Waals surface area contributed by atoms with E-state index in [1.54, 1.807) is 24.2 Å². The Morgan fingerprint density at radius 3 is 2.79 bits per heavy atom. The number of Topliss-reactive ketones (excluding diaryl/α,β-unsaturated/α-hetero) is 1. The van der Waals surface area contributed by atoms with Gasteiger partial charge >= 0.3 is 0 Å². The van der Waals surface area contributed by atoms with Gasteiger partial charge in [-0.1, -0.05) is 23.2 Å². The van der Waals surface area contributed by atoms with Crippen LogP contribution in [0.25, 0.3) is 0 Å². The number of H-pyrrole nitrogens is 1. The summed E-state index contributed by atoms with van der Waals surface area (Å²) in [7, 11) is 1.60. The number of carbonyl (C=O) groups excluding carboxylic acids is 2. The van der Waals surface area contributed by atoms with Gasteiger partial charge in [-0.15, -0.1) is 0 Å². The Labute approximate surface area is 170 Å². The maximum absolute atomic E-state index is 14.2. The quantitative estimate of drug-likeness (QED) is 0.439. The van der Waals surface area contributed by atoms with Crippen molar-refractivity contribution in [1.82, 2.24) is 14.8 Å². The third-order valence-corrected chi connectivity index (χ3v) is 4.70. The first kappa shape index (κ1) is 20.3. The monoisotopic (exact) mass is 423 g/mol. The normalized spacial score (nSPS) is 11.0. The van der Waals surface area contributed by atoms with Crippen molar-refractivity contribution in [2.24, 2.45) is 0 Å². The van der Waals surface area contributed by atoms with E-state index in [2.05, 4.69) is 10.1 Å². The smallest absolute Gasteiger partial charge is 0.199 e. The number of ketones is 2. The molecule has 28 heavy (non-hydrogen) atoms. The van der Waals surface area contributed by atoms with E-state index in [0.29, 0.717) is 13.2 Å². The van der Waals surface area contributed by atoms with Crippen molar-refractivity contribution < 1.29 is 18.7 Å². The second-order valence-corrected chi connectivity index (χ2v) is 6.87. The van der Waals surface area contributed by atoms with Crippen LogP contribution < -0.4 is 0 Å². The zero-order chi connectivity index (χ0) is 20.3. The van der Waals surface area contributed by atoms with E-state index in [1.165, 1.54) is 24.4 Å². The molecule has 2 aromatic heterocycles. The van der Waals surface area contributed by atoms with Crippen LogP contribution in [0.5, 0.6) is 0 Å². The Bertz CT molecular complexity index is 1030. The van der Waals surface area contributed by atoms with Gasteiger partial charge in [-0.25, -0.2) is 4.39 Å². The summed E-state index contributed by atoms with van der Waals surface area (Å²) < 4.78 is 20.9. The molecule has 146 valence electrons. The minimum Gasteiger partial charge on any atom is -0.383 e. The van der Waals surface area contributed by atoms with Gasteiger partial charge in [0, 0.05) is 31.5 Å². The number of benzene rings is 1. The molecule has 0 aliphatic carbocycles. The van der Waals surface area contributed by atoms with E-state index in [1.807, 2.05) is 0 Å². The van der Waals surface area contributed by atoms with Crippen molar-refractivity contribution in [2.45, 2.75) is 13.0 Å². The van der Waals surface area contributed by atoms with Crippen molar-refractivity contribution >= 4 is 34.8 Å². The number of methoxy groups -OCH3 is 1. The van der Waals surface area contributed by atoms with E-state index in [9.17, 15) is 14.0 Å². The van der Waals surface area contributed by atoms with E-state index < -0.39 is 11.6 Å². The lowest BCUT2D eigenvalue weighted by molar-refractivity contribution is 0.0988. The van der Waals surface area contributed by atoms with Crippen LogP contribution >= 0.6 is 23.2 Å². The van der Waals surface area contributed by atoms with Gasteiger partial charge < -0.3 is 9.72 Å². The summed E-state index contributed by atoms with van der Waals surface area (Å²) in [5.74, 6) is -1.78. The number of halogens is 3. The Hall–Kier alpha value is -2.48. The fourth-order valence-electron chi connectivity index (χ4n) is 2.65. The highest BCUT2D eigenvalue weighted by Gasteiger charge is 2.22. The second-order valence-electron chi connectivity index (χ2n) is 6.05. The number of aromatic nitrogens is 3. The summed E-state index contributed by atoms with van der Waals surface area (Å²) in [4.78, 5) is 27.8. The second kappa shape index (κ2) is 8.68. The minimum atomic E-state index is -0.892. The van der Waals surface area contributed by atoms with Crippen LogP contribution in [0.4, 0.5) is 4.39 Å². The van der Waals surface area contributed by atoms with Crippen molar-refractivity contribution in [3.8, 4) is 0 Å². The topological polar surface area (TPSA) is 77.0 Å². The zero-order valence-corrected chi connectivity index (χ0v) is 16.4. The Morgan fingerprint density at radius 2 is 2.04 bits per heavy atom. The maximum Gasteiger partial charge on any atom is 0.199 e. The SMILES string of the molecule is COCCn1cc(CC(=O)c2cc(C(=O)c3c(Cl)ccc(Cl)c3F)c[nH]2)cn1. The van der Waals surface area contributed by atoms with Gasteiger partial charge in [0.15, 0.2) is 17.4 Å². The van der Waals surface area contributed by atoms with Crippen LogP contribution in [0, 0.1) is 5.82 Å². The standard InChI is InChI=1S/C19H16Cl2FN3O3/c1-28-5-4-25-10-11(8-24-25)6-16(26)15-7-12(9-23-15)19(27)17-13(20)2-3-14(21)18(17)22/h2-3,7-10,23H,4-6H2,1H3. The molecule has 1 N–H and O–H groups in total. The lowest BCUT2D eigenvalue weighted by atomic mass is 10.0. The predicted octanol–water partition coefficient (Wildman–Crippen LogP) is 3.96. The van der Waals surface area contributed by atoms with Crippen LogP contribution in [0.3, 0.4) is 0 Å². The summed E-state index contributed by atoms with van der Waals surface area (Å²) in [6.45, 7) is 1.09. The first-order valence-electron chi connectivity index (χ1n) is 8.30. The van der Waals surface area contributed by atoms with Gasteiger partial charge in [0.05, 0.1) is 40.7 Å². The molecule has 0 saturated heterocycles. The summed E-state index contributed by atoms with van der Waals surface area (Å²) in [6, 6.07) is 3.99. The van der Waals surface area contributed by atoms with E-state index in [4.69, 9.17) is 27.9 Å². The molecule has 2 heterocycles. The maximum atomic E-state index is 14.2. The van der Waals surface area contributed by atoms with E-state index >= 15 is 0 Å². The van der Waals surface area contributed by atoms with Crippen molar-refractivity contribution in [2.75, 3.05) is 13.7 Å². The van der Waals surface area contributed by atoms with Crippen LogP contribution in [0.1, 0.15) is 32.0 Å². The number of ether oxygens (including phenoxy) is 1. The van der Waals surface area contributed by atoms with Gasteiger partial charge in [-0.2, -0.15) is 5.10 Å². The Kier molecular flexibility index (Phi) is 6.28. The lowest BCUT2D eigenvalue weighted by Crippen LogP contribution is -2.06. The predicted molar refractivity (Wildman–Crippen MR) is 103 cm³/mol. The van der Waals surface area contributed by atoms with Crippen molar-refractivity contribution in [3.63, 3.8) is 0 Å². The lowest BCUT2D eigenvalue weighted by Gasteiger charge is -2.05. The molecule has 0 aliphatic rings. The highest BCUT2D eigenvalue weighted by atomic mass is 35.5. The molecule has 3 rings (SSSR count). The summed E-state index contributed by atoms with van der Waals surface area (Å²) in [5.41, 5.74) is 0.743. The number of hydrogen-bond donors (Lipinski definition) is 1. The fraction of sp³-hybridized carbons (Fsp3) is 0.211. The number of nitrogens with zero attached hydrogens (tertiary/aromatic N) is 2. The van der Waals surface area contributed by atoms with Gasteiger partial charge in [-0.05, 0) is 23.8 Å². The molecule has 0 radical (unpaired) electrons. The number of rotatable bonds is 8. The van der Waals surface area contributed by atoms with Gasteiger partial charge in [0.25, 0.3) is 0 Å². The molecule has 9 heteroatoms. The fourth-order valence-corrected chi connectivity index (χ4v) is 3.04. The number of aromatic amines is 1. The van der Waals surface area contributed by atoms with Crippen molar-refractivity contribution in [3.05, 3.63) is 75.0 Å². The Morgan fingerprint density at radius 1 is 1.29 bits per heavy atom. The molecule has 0 fully saturated rings. The number of hydrogen-bond acceptors (Lipinski definition) is 4. The molecular weight excluding hydrogens is 408 g/mol. The average molecular weight is 424 g/mol. The van der Waals surface area contributed by atoms with E-state index in [-0.39, 0.29) is 39.1 Å². The molecular formula is C19H16Cl2FN3O3. The highest BCUT2D eigenvalue weighted by molar-refractivity contribution is 6.37. The summed E-state index contributed by atoms with van der Waals surface area (Å²) in [6.07, 6.45) is 4.80. The number of carbonyl (C=O) groups is 2. The molecule has 0 unspecified atom stereocenters. The summed E-state index contributed by atoms with van der Waals surface area (Å²) in [5, 5.41) is 3.90. The molecule has 0 spiro atoms. The Balaban J connectivity index is 1.75. The molecule has 3 aromatic rings. The molecule has 0 atom stereocenters. The van der Waals surface area contributed by atoms with Crippen LogP contribution in [-0.2, 0) is 17.7 Å².